The van der Waals surface area contributed by atoms with Gasteiger partial charge in [-0.1, -0.05) is 0 Å². The van der Waals surface area contributed by atoms with E-state index in [0.717, 1.165) is 38.8 Å². The van der Waals surface area contributed by atoms with E-state index in [1.54, 1.807) is 41.0 Å². The zero-order valence-corrected chi connectivity index (χ0v) is 20.6. The van der Waals surface area contributed by atoms with Gasteiger partial charge < -0.3 is 24.6 Å². The van der Waals surface area contributed by atoms with Crippen LogP contribution < -0.4 is 10.1 Å². The number of ether oxygens (including phenoxy) is 2. The largest absolute Gasteiger partial charge is 0.490 e. The van der Waals surface area contributed by atoms with Gasteiger partial charge in [-0.15, -0.1) is 11.3 Å². The summed E-state index contributed by atoms with van der Waals surface area (Å²) in [4.78, 5) is 46.2. The van der Waals surface area contributed by atoms with E-state index in [1.165, 1.54) is 17.8 Å². The van der Waals surface area contributed by atoms with Crippen molar-refractivity contribution in [1.82, 2.24) is 14.8 Å². The van der Waals surface area contributed by atoms with Gasteiger partial charge in [0.15, 0.2) is 0 Å². The number of likely N-dealkylation sites (tertiary alicyclic amines) is 1. The smallest absolute Gasteiger partial charge is 0.275 e. The zero-order valence-electron chi connectivity index (χ0n) is 19.8. The average Bonchev–Trinajstić information content (AvgIpc) is 3.42. The van der Waals surface area contributed by atoms with Gasteiger partial charge in [-0.2, -0.15) is 0 Å². The molecule has 3 atom stereocenters. The van der Waals surface area contributed by atoms with E-state index in [-0.39, 0.29) is 42.6 Å². The topological polar surface area (TPSA) is 101 Å². The Balaban J connectivity index is 1.27. The number of anilines is 1. The lowest BCUT2D eigenvalue weighted by molar-refractivity contribution is -0.143. The van der Waals surface area contributed by atoms with Crippen molar-refractivity contribution < 1.29 is 23.9 Å². The number of fused-ring (bicyclic) bond motifs is 2. The summed E-state index contributed by atoms with van der Waals surface area (Å²) < 4.78 is 12.3. The molecule has 2 aromatic rings. The van der Waals surface area contributed by atoms with Crippen LogP contribution in [0.1, 0.15) is 59.4 Å². The van der Waals surface area contributed by atoms with Gasteiger partial charge in [-0.25, -0.2) is 4.98 Å². The van der Waals surface area contributed by atoms with Crippen LogP contribution in [0.4, 0.5) is 5.69 Å². The number of carbonyl (C=O) groups excluding carboxylic acids is 3. The summed E-state index contributed by atoms with van der Waals surface area (Å²) in [6.07, 6.45) is 4.68. The number of nitrogens with zero attached hydrogens (tertiary/aromatic N) is 3. The van der Waals surface area contributed by atoms with E-state index < -0.39 is 0 Å². The molecule has 35 heavy (non-hydrogen) atoms. The minimum atomic E-state index is -0.329. The predicted molar refractivity (Wildman–Crippen MR) is 131 cm³/mol. The maximum atomic E-state index is 13.4. The number of rotatable bonds is 4. The van der Waals surface area contributed by atoms with Crippen molar-refractivity contribution >= 4 is 34.7 Å². The van der Waals surface area contributed by atoms with Crippen molar-refractivity contribution in [2.45, 2.75) is 56.8 Å². The number of benzene rings is 1. The van der Waals surface area contributed by atoms with Crippen LogP contribution in [0.2, 0.25) is 0 Å². The van der Waals surface area contributed by atoms with Gasteiger partial charge in [-0.05, 0) is 50.3 Å². The molecule has 2 saturated heterocycles. The van der Waals surface area contributed by atoms with Crippen molar-refractivity contribution in [3.05, 3.63) is 40.3 Å². The van der Waals surface area contributed by atoms with Crippen molar-refractivity contribution in [2.75, 3.05) is 32.1 Å². The second kappa shape index (κ2) is 10.3. The Morgan fingerprint density at radius 1 is 1.20 bits per heavy atom. The fraction of sp³-hybridized carbons (Fsp3) is 0.520. The number of thiazole rings is 1. The molecule has 1 aromatic carbocycles. The van der Waals surface area contributed by atoms with Crippen molar-refractivity contribution in [1.29, 1.82) is 0 Å². The van der Waals surface area contributed by atoms with E-state index in [2.05, 4.69) is 10.3 Å². The quantitative estimate of drug-likeness (QED) is 0.695. The van der Waals surface area contributed by atoms with Gasteiger partial charge >= 0.3 is 0 Å². The Bertz CT molecular complexity index is 1090. The molecule has 3 aliphatic heterocycles. The highest BCUT2D eigenvalue weighted by molar-refractivity contribution is 7.07. The van der Waals surface area contributed by atoms with Crippen LogP contribution in [0.25, 0.3) is 0 Å². The van der Waals surface area contributed by atoms with Crippen LogP contribution in [0.15, 0.2) is 29.1 Å². The maximum absolute atomic E-state index is 13.4. The van der Waals surface area contributed by atoms with Gasteiger partial charge in [0.1, 0.15) is 24.2 Å². The highest BCUT2D eigenvalue weighted by Crippen LogP contribution is 2.33. The second-order valence-corrected chi connectivity index (χ2v) is 10.1. The lowest BCUT2D eigenvalue weighted by atomic mass is 9.94. The van der Waals surface area contributed by atoms with Crippen molar-refractivity contribution in [2.24, 2.45) is 0 Å². The van der Waals surface area contributed by atoms with Gasteiger partial charge in [0, 0.05) is 31.2 Å². The Morgan fingerprint density at radius 2 is 2.03 bits per heavy atom. The predicted octanol–water partition coefficient (Wildman–Crippen LogP) is 3.18. The summed E-state index contributed by atoms with van der Waals surface area (Å²) in [6.45, 7) is 1.95. The second-order valence-electron chi connectivity index (χ2n) is 9.35. The first kappa shape index (κ1) is 23.7. The zero-order chi connectivity index (χ0) is 24.4. The Morgan fingerprint density at radius 3 is 2.80 bits per heavy atom. The lowest BCUT2D eigenvalue weighted by Crippen LogP contribution is -2.54. The number of carbonyl (C=O) groups is 3. The molecule has 10 heteroatoms. The molecule has 0 aliphatic carbocycles. The van der Waals surface area contributed by atoms with Crippen LogP contribution in [-0.4, -0.2) is 77.5 Å². The molecule has 0 saturated carbocycles. The van der Waals surface area contributed by atoms with Crippen LogP contribution in [0.3, 0.4) is 0 Å². The first-order chi connectivity index (χ1) is 17.0. The van der Waals surface area contributed by atoms with E-state index in [9.17, 15) is 14.4 Å². The third kappa shape index (κ3) is 5.18. The molecule has 4 heterocycles. The van der Waals surface area contributed by atoms with E-state index in [4.69, 9.17) is 9.47 Å². The summed E-state index contributed by atoms with van der Waals surface area (Å²) in [6, 6.07) is 4.89. The van der Waals surface area contributed by atoms with Crippen molar-refractivity contribution in [3.8, 4) is 5.75 Å². The highest BCUT2D eigenvalue weighted by atomic mass is 32.1. The Hall–Kier alpha value is -2.98. The van der Waals surface area contributed by atoms with E-state index in [0.29, 0.717) is 29.1 Å². The normalized spacial score (nSPS) is 24.5. The summed E-state index contributed by atoms with van der Waals surface area (Å²) in [5, 5.41) is 4.46. The summed E-state index contributed by atoms with van der Waals surface area (Å²) in [5.74, 6) is 0.0829. The molecule has 5 rings (SSSR count). The minimum Gasteiger partial charge on any atom is -0.490 e. The molecular weight excluding hydrogens is 468 g/mol. The molecule has 3 amide bonds. The van der Waals surface area contributed by atoms with Crippen LogP contribution >= 0.6 is 11.3 Å². The fourth-order valence-corrected chi connectivity index (χ4v) is 5.62. The third-order valence-corrected chi connectivity index (χ3v) is 7.63. The first-order valence-electron chi connectivity index (χ1n) is 12.2. The number of likely N-dealkylation sites (N-methyl/N-ethyl adjacent to an activating group) is 1. The van der Waals surface area contributed by atoms with E-state index in [1.807, 2.05) is 4.90 Å². The molecule has 0 spiro atoms. The fourth-order valence-electron chi connectivity index (χ4n) is 5.09. The summed E-state index contributed by atoms with van der Waals surface area (Å²) >= 11 is 1.34. The minimum absolute atomic E-state index is 0.148. The molecule has 186 valence electrons. The van der Waals surface area contributed by atoms with E-state index >= 15 is 0 Å². The molecule has 2 fully saturated rings. The molecule has 0 unspecified atom stereocenters. The molecule has 0 bridgehead atoms. The number of nitrogens with one attached hydrogen (secondary N) is 1. The van der Waals surface area contributed by atoms with Crippen molar-refractivity contribution in [3.63, 3.8) is 0 Å². The molecule has 1 aromatic heterocycles. The number of hydrogen-bond acceptors (Lipinski definition) is 7. The van der Waals surface area contributed by atoms with Gasteiger partial charge in [0.2, 0.25) is 5.91 Å². The third-order valence-electron chi connectivity index (χ3n) is 7.05. The maximum Gasteiger partial charge on any atom is 0.275 e. The number of amides is 3. The Kier molecular flexibility index (Phi) is 7.01. The number of aromatic nitrogens is 1. The highest BCUT2D eigenvalue weighted by Gasteiger charge is 2.39. The standard InChI is InChI=1S/C25H30N4O5S/c1-28-20-7-6-17(12-23(30)29-9-3-2-4-10-29)34-22(20)13-33-21-8-5-16(11-18(21)25(28)32)27-24(31)19-14-35-15-26-19/h5,8,11,14-15,17,20,22H,2-4,6-7,9-10,12-13H2,1H3,(H,27,31)/t17-,20-,22+/m1/s1. The molecular formula is C25H30N4O5S. The lowest BCUT2D eigenvalue weighted by Gasteiger charge is -2.42. The summed E-state index contributed by atoms with van der Waals surface area (Å²) in [5.41, 5.74) is 2.82. The molecule has 1 N–H and O–H groups in total. The monoisotopic (exact) mass is 498 g/mol. The van der Waals surface area contributed by atoms with Gasteiger partial charge in [-0.3, -0.25) is 14.4 Å². The average molecular weight is 499 g/mol. The number of hydrogen-bond donors (Lipinski definition) is 1. The van der Waals surface area contributed by atoms with Gasteiger partial charge in [0.05, 0.1) is 29.6 Å². The van der Waals surface area contributed by atoms with Gasteiger partial charge in [0.25, 0.3) is 11.8 Å². The number of piperidine rings is 1. The van der Waals surface area contributed by atoms with Crippen LogP contribution in [-0.2, 0) is 9.53 Å². The Labute approximate surface area is 208 Å². The van der Waals surface area contributed by atoms with Crippen LogP contribution in [0.5, 0.6) is 5.75 Å². The first-order valence-corrected chi connectivity index (χ1v) is 13.1. The SMILES string of the molecule is CN1C(=O)c2cc(NC(=O)c3cscn3)ccc2OC[C@@H]2O[C@@H](CC(=O)N3CCCCC3)CC[C@H]21. The summed E-state index contributed by atoms with van der Waals surface area (Å²) in [7, 11) is 1.78. The molecule has 3 aliphatic rings. The van der Waals surface area contributed by atoms with Crippen LogP contribution in [0, 0.1) is 0 Å². The molecule has 0 radical (unpaired) electrons. The molecule has 9 nitrogen and oxygen atoms in total.